The number of aromatic nitrogens is 1. The van der Waals surface area contributed by atoms with Gasteiger partial charge in [0.25, 0.3) is 5.91 Å². The van der Waals surface area contributed by atoms with Gasteiger partial charge in [-0.25, -0.2) is 4.98 Å². The molecule has 0 N–H and O–H groups in total. The summed E-state index contributed by atoms with van der Waals surface area (Å²) in [5.74, 6) is 1.24. The van der Waals surface area contributed by atoms with Gasteiger partial charge >= 0.3 is 0 Å². The monoisotopic (exact) mass is 296 g/mol. The predicted molar refractivity (Wildman–Crippen MR) is 84.5 cm³/mol. The lowest BCUT2D eigenvalue weighted by molar-refractivity contribution is 0.0993. The van der Waals surface area contributed by atoms with Crippen molar-refractivity contribution < 1.29 is 13.9 Å². The molecule has 0 saturated carbocycles. The summed E-state index contributed by atoms with van der Waals surface area (Å²) in [5, 5.41) is 0. The van der Waals surface area contributed by atoms with Gasteiger partial charge in [0.15, 0.2) is 11.5 Å². The van der Waals surface area contributed by atoms with Crippen molar-refractivity contribution in [2.45, 2.75) is 6.92 Å². The van der Waals surface area contributed by atoms with Crippen LogP contribution in [0.5, 0.6) is 5.75 Å². The highest BCUT2D eigenvalue weighted by Crippen LogP contribution is 2.22. The predicted octanol–water partition coefficient (Wildman–Crippen LogP) is 3.42. The molecule has 0 aliphatic carbocycles. The summed E-state index contributed by atoms with van der Waals surface area (Å²) >= 11 is 0. The van der Waals surface area contributed by atoms with E-state index in [2.05, 4.69) is 4.98 Å². The number of anilines is 1. The zero-order chi connectivity index (χ0) is 15.7. The van der Waals surface area contributed by atoms with Crippen molar-refractivity contribution in [2.24, 2.45) is 0 Å². The van der Waals surface area contributed by atoms with Crippen molar-refractivity contribution in [3.63, 3.8) is 0 Å². The molecule has 112 valence electrons. The Morgan fingerprint density at radius 2 is 1.91 bits per heavy atom. The minimum Gasteiger partial charge on any atom is -0.497 e. The molecule has 0 atom stereocenters. The molecule has 0 aliphatic heterocycles. The highest BCUT2D eigenvalue weighted by molar-refractivity contribution is 6.07. The number of benzene rings is 2. The SMILES string of the molecule is COc1ccc(N(C)C(=O)c2ccc3oc(C)nc3c2)cc1. The summed E-state index contributed by atoms with van der Waals surface area (Å²) < 4.78 is 10.5. The minimum absolute atomic E-state index is 0.104. The van der Waals surface area contributed by atoms with E-state index in [9.17, 15) is 4.79 Å². The Bertz CT molecular complexity index is 822. The molecule has 0 unspecified atom stereocenters. The van der Waals surface area contributed by atoms with Crippen LogP contribution >= 0.6 is 0 Å². The molecule has 5 heteroatoms. The van der Waals surface area contributed by atoms with Crippen LogP contribution in [-0.4, -0.2) is 25.0 Å². The zero-order valence-corrected chi connectivity index (χ0v) is 12.7. The van der Waals surface area contributed by atoms with Gasteiger partial charge in [0.2, 0.25) is 0 Å². The van der Waals surface area contributed by atoms with Crippen LogP contribution in [0.15, 0.2) is 46.9 Å². The largest absolute Gasteiger partial charge is 0.497 e. The van der Waals surface area contributed by atoms with Crippen LogP contribution < -0.4 is 9.64 Å². The maximum absolute atomic E-state index is 12.6. The Kier molecular flexibility index (Phi) is 3.55. The summed E-state index contributed by atoms with van der Waals surface area (Å²) in [6, 6.07) is 12.6. The fourth-order valence-corrected chi connectivity index (χ4v) is 2.29. The van der Waals surface area contributed by atoms with Crippen LogP contribution in [0.3, 0.4) is 0 Å². The molecule has 0 aliphatic rings. The number of fused-ring (bicyclic) bond motifs is 1. The van der Waals surface area contributed by atoms with Crippen LogP contribution in [0.25, 0.3) is 11.1 Å². The lowest BCUT2D eigenvalue weighted by Gasteiger charge is -2.17. The third-order valence-electron chi connectivity index (χ3n) is 3.51. The summed E-state index contributed by atoms with van der Waals surface area (Å²) in [7, 11) is 3.35. The number of amides is 1. The van der Waals surface area contributed by atoms with Gasteiger partial charge in [-0.1, -0.05) is 0 Å². The van der Waals surface area contributed by atoms with E-state index in [1.54, 1.807) is 44.2 Å². The van der Waals surface area contributed by atoms with Gasteiger partial charge in [-0.05, 0) is 42.5 Å². The molecule has 0 radical (unpaired) electrons. The van der Waals surface area contributed by atoms with E-state index in [4.69, 9.17) is 9.15 Å². The van der Waals surface area contributed by atoms with Crippen LogP contribution in [0, 0.1) is 6.92 Å². The van der Waals surface area contributed by atoms with E-state index in [1.165, 1.54) is 0 Å². The summed E-state index contributed by atoms with van der Waals surface area (Å²) in [4.78, 5) is 18.4. The number of nitrogens with zero attached hydrogens (tertiary/aromatic N) is 2. The molecular weight excluding hydrogens is 280 g/mol. The number of ether oxygens (including phenoxy) is 1. The van der Waals surface area contributed by atoms with Gasteiger partial charge in [-0.15, -0.1) is 0 Å². The minimum atomic E-state index is -0.104. The molecule has 2 aromatic carbocycles. The molecule has 1 aromatic heterocycles. The first-order chi connectivity index (χ1) is 10.6. The number of methoxy groups -OCH3 is 1. The topological polar surface area (TPSA) is 55.6 Å². The van der Waals surface area contributed by atoms with Crippen LogP contribution in [0.2, 0.25) is 0 Å². The Morgan fingerprint density at radius 3 is 2.59 bits per heavy atom. The molecule has 1 amide bonds. The molecule has 0 bridgehead atoms. The molecule has 1 heterocycles. The van der Waals surface area contributed by atoms with Crippen molar-refractivity contribution >= 4 is 22.7 Å². The molecule has 3 aromatic rings. The molecule has 22 heavy (non-hydrogen) atoms. The number of hydrogen-bond donors (Lipinski definition) is 0. The van der Waals surface area contributed by atoms with Gasteiger partial charge < -0.3 is 14.1 Å². The zero-order valence-electron chi connectivity index (χ0n) is 12.7. The summed E-state index contributed by atoms with van der Waals surface area (Å²) in [6.07, 6.45) is 0. The molecule has 0 spiro atoms. The van der Waals surface area contributed by atoms with E-state index in [1.807, 2.05) is 24.3 Å². The Labute approximate surface area is 128 Å². The van der Waals surface area contributed by atoms with Crippen LogP contribution in [-0.2, 0) is 0 Å². The summed E-state index contributed by atoms with van der Waals surface area (Å²) in [5.41, 5.74) is 2.73. The maximum Gasteiger partial charge on any atom is 0.258 e. The van der Waals surface area contributed by atoms with E-state index >= 15 is 0 Å². The van der Waals surface area contributed by atoms with Gasteiger partial charge in [0.1, 0.15) is 11.3 Å². The van der Waals surface area contributed by atoms with E-state index in [0.717, 1.165) is 11.4 Å². The van der Waals surface area contributed by atoms with Crippen LogP contribution in [0.1, 0.15) is 16.2 Å². The second-order valence-electron chi connectivity index (χ2n) is 4.98. The maximum atomic E-state index is 12.6. The Balaban J connectivity index is 1.89. The highest BCUT2D eigenvalue weighted by atomic mass is 16.5. The first-order valence-corrected chi connectivity index (χ1v) is 6.88. The molecule has 5 nitrogen and oxygen atoms in total. The van der Waals surface area contributed by atoms with Crippen molar-refractivity contribution in [1.29, 1.82) is 0 Å². The number of hydrogen-bond acceptors (Lipinski definition) is 4. The highest BCUT2D eigenvalue weighted by Gasteiger charge is 2.15. The Hall–Kier alpha value is -2.82. The average molecular weight is 296 g/mol. The second-order valence-corrected chi connectivity index (χ2v) is 4.98. The van der Waals surface area contributed by atoms with Gasteiger partial charge in [0, 0.05) is 25.2 Å². The number of rotatable bonds is 3. The van der Waals surface area contributed by atoms with Gasteiger partial charge in [0.05, 0.1) is 7.11 Å². The van der Waals surface area contributed by atoms with Crippen molar-refractivity contribution in [2.75, 3.05) is 19.1 Å². The van der Waals surface area contributed by atoms with E-state index < -0.39 is 0 Å². The van der Waals surface area contributed by atoms with Crippen molar-refractivity contribution in [3.05, 3.63) is 53.9 Å². The van der Waals surface area contributed by atoms with E-state index in [0.29, 0.717) is 22.6 Å². The quantitative estimate of drug-likeness (QED) is 0.743. The average Bonchev–Trinajstić information content (AvgIpc) is 2.92. The standard InChI is InChI=1S/C17H16N2O3/c1-11-18-15-10-12(4-9-16(15)22-11)17(20)19(2)13-5-7-14(21-3)8-6-13/h4-10H,1-3H3. The van der Waals surface area contributed by atoms with Crippen molar-refractivity contribution in [3.8, 4) is 5.75 Å². The number of carbonyl (C=O) groups excluding carboxylic acids is 1. The fourth-order valence-electron chi connectivity index (χ4n) is 2.29. The third-order valence-corrected chi connectivity index (χ3v) is 3.51. The second kappa shape index (κ2) is 5.52. The normalized spacial score (nSPS) is 10.7. The van der Waals surface area contributed by atoms with Gasteiger partial charge in [-0.3, -0.25) is 4.79 Å². The number of carbonyl (C=O) groups is 1. The Morgan fingerprint density at radius 1 is 1.18 bits per heavy atom. The van der Waals surface area contributed by atoms with E-state index in [-0.39, 0.29) is 5.91 Å². The molecule has 0 saturated heterocycles. The third kappa shape index (κ3) is 2.53. The molecular formula is C17H16N2O3. The van der Waals surface area contributed by atoms with Gasteiger partial charge in [-0.2, -0.15) is 0 Å². The van der Waals surface area contributed by atoms with Crippen molar-refractivity contribution in [1.82, 2.24) is 4.98 Å². The first-order valence-electron chi connectivity index (χ1n) is 6.88. The number of aryl methyl sites for hydroxylation is 1. The number of oxazole rings is 1. The smallest absolute Gasteiger partial charge is 0.258 e. The molecule has 0 fully saturated rings. The lowest BCUT2D eigenvalue weighted by atomic mass is 10.1. The first kappa shape index (κ1) is 14.1. The fraction of sp³-hybridized carbons (Fsp3) is 0.176. The molecule has 3 rings (SSSR count). The summed E-state index contributed by atoms with van der Waals surface area (Å²) in [6.45, 7) is 1.78. The lowest BCUT2D eigenvalue weighted by Crippen LogP contribution is -2.26. The van der Waals surface area contributed by atoms with Crippen LogP contribution in [0.4, 0.5) is 5.69 Å².